The summed E-state index contributed by atoms with van der Waals surface area (Å²) in [5.74, 6) is 0.0988. The predicted octanol–water partition coefficient (Wildman–Crippen LogP) is 4.47. The van der Waals surface area contributed by atoms with E-state index < -0.39 is 11.7 Å². The summed E-state index contributed by atoms with van der Waals surface area (Å²) in [5.41, 5.74) is 2.34. The quantitative estimate of drug-likeness (QED) is 0.573. The number of esters is 1. The molecule has 2 aliphatic heterocycles. The fraction of sp³-hybridized carbons (Fsp3) is 0.650. The van der Waals surface area contributed by atoms with Gasteiger partial charge in [-0.15, -0.1) is 0 Å². The average Bonchev–Trinajstić information content (AvgIpc) is 2.45. The molecule has 3 heteroatoms. The van der Waals surface area contributed by atoms with Crippen molar-refractivity contribution in [1.82, 2.24) is 0 Å². The summed E-state index contributed by atoms with van der Waals surface area (Å²) >= 11 is 0. The van der Waals surface area contributed by atoms with E-state index in [0.29, 0.717) is 25.2 Å². The molecule has 1 N–H and O–H groups in total. The highest BCUT2D eigenvalue weighted by molar-refractivity contribution is 5.88. The second-order valence-electron chi connectivity index (χ2n) is 7.44. The van der Waals surface area contributed by atoms with E-state index in [9.17, 15) is 9.90 Å². The van der Waals surface area contributed by atoms with Crippen LogP contribution in [0.4, 0.5) is 0 Å². The predicted molar refractivity (Wildman–Crippen MR) is 93.0 cm³/mol. The van der Waals surface area contributed by atoms with Crippen molar-refractivity contribution in [2.24, 2.45) is 5.92 Å². The molecule has 128 valence electrons. The molecule has 2 aliphatic rings. The van der Waals surface area contributed by atoms with Crippen LogP contribution in [-0.4, -0.2) is 22.8 Å². The Balaban J connectivity index is 2.43. The van der Waals surface area contributed by atoms with Crippen molar-refractivity contribution in [2.45, 2.75) is 77.9 Å². The van der Waals surface area contributed by atoms with Gasteiger partial charge in [0.2, 0.25) is 0 Å². The fourth-order valence-electron chi connectivity index (χ4n) is 3.18. The first-order valence-electron chi connectivity index (χ1n) is 8.78. The van der Waals surface area contributed by atoms with E-state index in [-0.39, 0.29) is 5.97 Å². The van der Waals surface area contributed by atoms with E-state index >= 15 is 0 Å². The molecule has 2 atom stereocenters. The molecule has 2 heterocycles. The number of hydrogen-bond acceptors (Lipinski definition) is 3. The lowest BCUT2D eigenvalue weighted by Crippen LogP contribution is -2.42. The molecule has 0 unspecified atom stereocenters. The molecular weight excluding hydrogens is 288 g/mol. The molecule has 0 fully saturated rings. The second kappa shape index (κ2) is 7.48. The lowest BCUT2D eigenvalue weighted by atomic mass is 9.86. The van der Waals surface area contributed by atoms with Gasteiger partial charge in [0.1, 0.15) is 11.7 Å². The summed E-state index contributed by atoms with van der Waals surface area (Å²) in [6.45, 7) is 8.24. The van der Waals surface area contributed by atoms with Gasteiger partial charge in [0.15, 0.2) is 0 Å². The van der Waals surface area contributed by atoms with Crippen LogP contribution in [0, 0.1) is 5.92 Å². The maximum atomic E-state index is 12.5. The van der Waals surface area contributed by atoms with Gasteiger partial charge >= 0.3 is 5.97 Å². The molecule has 0 amide bonds. The maximum absolute atomic E-state index is 12.5. The third kappa shape index (κ3) is 4.81. The molecule has 0 aromatic heterocycles. The third-order valence-electron chi connectivity index (χ3n) is 4.97. The van der Waals surface area contributed by atoms with Crippen LogP contribution in [0.3, 0.4) is 0 Å². The van der Waals surface area contributed by atoms with Crippen LogP contribution in [0.2, 0.25) is 0 Å². The zero-order valence-corrected chi connectivity index (χ0v) is 14.9. The zero-order valence-electron chi connectivity index (χ0n) is 14.9. The highest BCUT2D eigenvalue weighted by Gasteiger charge is 2.35. The minimum atomic E-state index is -1.02. The highest BCUT2D eigenvalue weighted by Crippen LogP contribution is 2.30. The minimum Gasteiger partial charge on any atom is -0.452 e. The van der Waals surface area contributed by atoms with Crippen LogP contribution >= 0.6 is 0 Å². The smallest absolute Gasteiger partial charge is 0.334 e. The monoisotopic (exact) mass is 318 g/mol. The van der Waals surface area contributed by atoms with E-state index in [4.69, 9.17) is 4.74 Å². The molecule has 0 aliphatic carbocycles. The number of fused-ring (bicyclic) bond motifs is 3. The molecule has 2 rings (SSSR count). The molecule has 0 saturated carbocycles. The normalized spacial score (nSPS) is 34.8. The van der Waals surface area contributed by atoms with Gasteiger partial charge in [0.25, 0.3) is 0 Å². The Morgan fingerprint density at radius 3 is 2.65 bits per heavy atom. The van der Waals surface area contributed by atoms with Crippen molar-refractivity contribution in [3.8, 4) is 0 Å². The van der Waals surface area contributed by atoms with Gasteiger partial charge in [0.05, 0.1) is 0 Å². The van der Waals surface area contributed by atoms with Crippen LogP contribution in [0.1, 0.15) is 66.2 Å². The summed E-state index contributed by atoms with van der Waals surface area (Å²) < 4.78 is 5.70. The topological polar surface area (TPSA) is 46.5 Å². The number of ether oxygens (including phenoxy) is 1. The molecule has 0 saturated heterocycles. The van der Waals surface area contributed by atoms with Crippen LogP contribution < -0.4 is 0 Å². The Hall–Kier alpha value is -1.35. The molecule has 0 spiro atoms. The molecule has 0 radical (unpaired) electrons. The minimum absolute atomic E-state index is 0.277. The van der Waals surface area contributed by atoms with Crippen LogP contribution in [0.25, 0.3) is 0 Å². The number of carbonyl (C=O) groups excluding carboxylic acids is 1. The summed E-state index contributed by atoms with van der Waals surface area (Å²) in [7, 11) is 0. The Bertz CT molecular complexity index is 535. The standard InChI is InChI=1S/C20H30O3/c1-14(2)17-11-10-15(3)7-5-8-16-9-6-12-20(4,22)18(13-17)23-19(16)21/h7,9,13-14,18,22H,5-6,8,10-12H2,1-4H3/b15-7-,16-9?,17-13+/t18-,20-/m0/s1. The first kappa shape index (κ1) is 18.0. The Morgan fingerprint density at radius 1 is 1.22 bits per heavy atom. The van der Waals surface area contributed by atoms with Gasteiger partial charge in [-0.05, 0) is 64.4 Å². The van der Waals surface area contributed by atoms with E-state index in [1.54, 1.807) is 6.92 Å². The molecule has 0 aromatic carbocycles. The van der Waals surface area contributed by atoms with Gasteiger partial charge in [-0.3, -0.25) is 0 Å². The van der Waals surface area contributed by atoms with Crippen LogP contribution in [0.5, 0.6) is 0 Å². The molecule has 3 nitrogen and oxygen atoms in total. The van der Waals surface area contributed by atoms with Crippen molar-refractivity contribution < 1.29 is 14.6 Å². The van der Waals surface area contributed by atoms with Crippen molar-refractivity contribution >= 4 is 5.97 Å². The van der Waals surface area contributed by atoms with Crippen molar-refractivity contribution in [2.75, 3.05) is 0 Å². The van der Waals surface area contributed by atoms with E-state index in [0.717, 1.165) is 24.8 Å². The number of allylic oxidation sites excluding steroid dienone is 4. The molecular formula is C20H30O3. The largest absolute Gasteiger partial charge is 0.452 e. The van der Waals surface area contributed by atoms with Gasteiger partial charge < -0.3 is 9.84 Å². The van der Waals surface area contributed by atoms with E-state index in [2.05, 4.69) is 26.8 Å². The van der Waals surface area contributed by atoms with Gasteiger partial charge in [-0.25, -0.2) is 4.79 Å². The Labute approximate surface area is 140 Å². The van der Waals surface area contributed by atoms with E-state index in [1.807, 2.05) is 12.2 Å². The van der Waals surface area contributed by atoms with Gasteiger partial charge in [-0.2, -0.15) is 0 Å². The van der Waals surface area contributed by atoms with Gasteiger partial charge in [-0.1, -0.05) is 37.1 Å². The average molecular weight is 318 g/mol. The summed E-state index contributed by atoms with van der Waals surface area (Å²) in [6, 6.07) is 0. The molecule has 0 aromatic rings. The first-order valence-corrected chi connectivity index (χ1v) is 8.78. The lowest BCUT2D eigenvalue weighted by molar-refractivity contribution is -0.155. The van der Waals surface area contributed by atoms with E-state index in [1.165, 1.54) is 11.1 Å². The highest BCUT2D eigenvalue weighted by atomic mass is 16.6. The van der Waals surface area contributed by atoms with Gasteiger partial charge in [0, 0.05) is 5.57 Å². The second-order valence-corrected chi connectivity index (χ2v) is 7.44. The summed E-state index contributed by atoms with van der Waals surface area (Å²) in [5, 5.41) is 10.8. The first-order chi connectivity index (χ1) is 10.8. The number of hydrogen-bond donors (Lipinski definition) is 1. The summed E-state index contributed by atoms with van der Waals surface area (Å²) in [4.78, 5) is 12.5. The third-order valence-corrected chi connectivity index (χ3v) is 4.97. The molecule has 2 bridgehead atoms. The molecule has 23 heavy (non-hydrogen) atoms. The van der Waals surface area contributed by atoms with Crippen LogP contribution in [-0.2, 0) is 9.53 Å². The number of carbonyl (C=O) groups is 1. The van der Waals surface area contributed by atoms with Crippen molar-refractivity contribution in [3.05, 3.63) is 34.9 Å². The van der Waals surface area contributed by atoms with Crippen molar-refractivity contribution in [1.29, 1.82) is 0 Å². The zero-order chi connectivity index (χ0) is 17.0. The lowest BCUT2D eigenvalue weighted by Gasteiger charge is -2.33. The summed E-state index contributed by atoms with van der Waals surface area (Å²) in [6.07, 6.45) is 10.5. The maximum Gasteiger partial charge on any atom is 0.334 e. The number of rotatable bonds is 1. The SMILES string of the molecule is C/C1=C/CCC2=CCC[C@](C)(O)[C@H](/C=C(/C(C)C)CC1)OC2=O. The van der Waals surface area contributed by atoms with Crippen LogP contribution in [0.15, 0.2) is 34.9 Å². The Morgan fingerprint density at radius 2 is 1.96 bits per heavy atom. The van der Waals surface area contributed by atoms with Crippen molar-refractivity contribution in [3.63, 3.8) is 0 Å². The fourth-order valence-corrected chi connectivity index (χ4v) is 3.18. The Kier molecular flexibility index (Phi) is 5.85. The number of aliphatic hydroxyl groups is 1.